The fourth-order valence-corrected chi connectivity index (χ4v) is 5.02. The van der Waals surface area contributed by atoms with E-state index in [-0.39, 0.29) is 17.0 Å². The van der Waals surface area contributed by atoms with Gasteiger partial charge in [0.2, 0.25) is 5.91 Å². The van der Waals surface area contributed by atoms with Gasteiger partial charge in [0.1, 0.15) is 5.52 Å². The first-order valence-electron chi connectivity index (χ1n) is 11.5. The second kappa shape index (κ2) is 8.06. The lowest BCUT2D eigenvalue weighted by Crippen LogP contribution is -2.13. The second-order valence-corrected chi connectivity index (χ2v) is 9.82. The molecule has 5 heterocycles. The normalized spacial score (nSPS) is 13.5. The molecule has 1 aromatic carbocycles. The van der Waals surface area contributed by atoms with E-state index in [0.29, 0.717) is 28.4 Å². The highest BCUT2D eigenvalue weighted by Gasteiger charge is 2.29. The molecule has 0 atom stereocenters. The summed E-state index contributed by atoms with van der Waals surface area (Å²) in [4.78, 5) is 30.2. The van der Waals surface area contributed by atoms with E-state index in [1.807, 2.05) is 36.4 Å². The van der Waals surface area contributed by atoms with Gasteiger partial charge >= 0.3 is 0 Å². The number of aromatic amines is 2. The number of para-hydroxylation sites is 1. The molecule has 10 heteroatoms. The van der Waals surface area contributed by atoms with E-state index in [1.165, 1.54) is 6.07 Å². The van der Waals surface area contributed by atoms with Crippen LogP contribution in [0.15, 0.2) is 60.9 Å². The molecule has 1 fully saturated rings. The number of hydrogen-bond acceptors (Lipinski definition) is 6. The molecule has 0 radical (unpaired) electrons. The number of fused-ring (bicyclic) bond motifs is 2. The van der Waals surface area contributed by atoms with Crippen LogP contribution in [0, 0.1) is 11.0 Å². The fourth-order valence-electron chi connectivity index (χ4n) is 4.27. The number of H-pyrrole nitrogens is 2. The van der Waals surface area contributed by atoms with E-state index in [1.54, 1.807) is 18.5 Å². The lowest BCUT2D eigenvalue weighted by Gasteiger charge is -2.06. The van der Waals surface area contributed by atoms with Crippen LogP contribution >= 0.6 is 11.3 Å². The molecule has 3 N–H and O–H groups in total. The lowest BCUT2D eigenvalue weighted by atomic mass is 10.1. The first-order chi connectivity index (χ1) is 17.6. The Hall–Kier alpha value is -4.44. The number of aromatic nitrogens is 6. The molecule has 0 aliphatic heterocycles. The van der Waals surface area contributed by atoms with Crippen LogP contribution in [-0.4, -0.2) is 36.0 Å². The number of imidazole rings is 1. The summed E-state index contributed by atoms with van der Waals surface area (Å²) in [6.07, 6.45) is 5.23. The number of nitrogens with one attached hydrogen (secondary N) is 3. The molecule has 7 rings (SSSR count). The van der Waals surface area contributed by atoms with Crippen molar-refractivity contribution in [3.63, 3.8) is 0 Å². The molecule has 6 aromatic rings. The zero-order valence-electron chi connectivity index (χ0n) is 18.7. The summed E-state index contributed by atoms with van der Waals surface area (Å²) < 4.78 is 13.7. The highest BCUT2D eigenvalue weighted by atomic mass is 32.1. The van der Waals surface area contributed by atoms with Crippen molar-refractivity contribution in [1.82, 2.24) is 30.1 Å². The minimum atomic E-state index is -0.238. The average molecular weight is 496 g/mol. The van der Waals surface area contributed by atoms with Gasteiger partial charge in [0.25, 0.3) is 0 Å². The van der Waals surface area contributed by atoms with Crippen LogP contribution < -0.4 is 5.32 Å². The number of hydrogen-bond donors (Lipinski definition) is 3. The summed E-state index contributed by atoms with van der Waals surface area (Å²) in [6, 6.07) is 14.7. The van der Waals surface area contributed by atoms with Crippen LogP contribution in [-0.2, 0) is 4.79 Å². The minimum absolute atomic E-state index is 0.0315. The van der Waals surface area contributed by atoms with Gasteiger partial charge < -0.3 is 10.3 Å². The molecular formula is C26H18FN7OS. The van der Waals surface area contributed by atoms with Crippen LogP contribution in [0.25, 0.3) is 55.3 Å². The maximum absolute atomic E-state index is 13.7. The summed E-state index contributed by atoms with van der Waals surface area (Å²) in [6.45, 7) is 0. The summed E-state index contributed by atoms with van der Waals surface area (Å²) in [5.74, 6) is 0.706. The quantitative estimate of drug-likeness (QED) is 0.281. The SMILES string of the molecule is O=C(Nc1cncc(-c2ccc3[nH]nc(-c4nc5c(-c6ccc(F)s6)cccc5[nH]4)c3n2)c1)C1CC1. The van der Waals surface area contributed by atoms with Crippen LogP contribution in [0.4, 0.5) is 10.1 Å². The lowest BCUT2D eigenvalue weighted by molar-refractivity contribution is -0.117. The van der Waals surface area contributed by atoms with E-state index >= 15 is 0 Å². The zero-order chi connectivity index (χ0) is 24.2. The first-order valence-corrected chi connectivity index (χ1v) is 12.3. The van der Waals surface area contributed by atoms with E-state index in [4.69, 9.17) is 9.97 Å². The molecule has 0 bridgehead atoms. The van der Waals surface area contributed by atoms with E-state index < -0.39 is 0 Å². The van der Waals surface area contributed by atoms with Gasteiger partial charge in [-0.3, -0.25) is 14.9 Å². The molecular weight excluding hydrogens is 477 g/mol. The predicted molar refractivity (Wildman–Crippen MR) is 137 cm³/mol. The highest BCUT2D eigenvalue weighted by molar-refractivity contribution is 7.14. The Labute approximate surface area is 207 Å². The molecule has 8 nitrogen and oxygen atoms in total. The number of carbonyl (C=O) groups excluding carboxylic acids is 1. The number of halogens is 1. The van der Waals surface area contributed by atoms with Crippen molar-refractivity contribution < 1.29 is 9.18 Å². The van der Waals surface area contributed by atoms with Gasteiger partial charge in [0.15, 0.2) is 16.6 Å². The van der Waals surface area contributed by atoms with E-state index in [9.17, 15) is 9.18 Å². The van der Waals surface area contributed by atoms with Gasteiger partial charge in [-0.15, -0.1) is 11.3 Å². The predicted octanol–water partition coefficient (Wildman–Crippen LogP) is 5.78. The number of pyridine rings is 2. The maximum atomic E-state index is 13.7. The molecule has 1 amide bonds. The van der Waals surface area contributed by atoms with Gasteiger partial charge in [0, 0.05) is 28.1 Å². The molecule has 5 aromatic heterocycles. The Balaban J connectivity index is 1.28. The van der Waals surface area contributed by atoms with Crippen LogP contribution in [0.5, 0.6) is 0 Å². The Bertz CT molecular complexity index is 1780. The third-order valence-corrected chi connectivity index (χ3v) is 7.14. The molecule has 1 saturated carbocycles. The summed E-state index contributed by atoms with van der Waals surface area (Å²) in [5, 5.41) is 10.2. The highest BCUT2D eigenvalue weighted by Crippen LogP contribution is 2.35. The van der Waals surface area contributed by atoms with Gasteiger partial charge in [-0.2, -0.15) is 9.49 Å². The van der Waals surface area contributed by atoms with Crippen LogP contribution in [0.1, 0.15) is 12.8 Å². The van der Waals surface area contributed by atoms with Crippen molar-refractivity contribution >= 4 is 45.0 Å². The second-order valence-electron chi connectivity index (χ2n) is 8.78. The van der Waals surface area contributed by atoms with E-state index in [2.05, 4.69) is 25.5 Å². The number of anilines is 1. The first kappa shape index (κ1) is 20.9. The Kier molecular flexibility index (Phi) is 4.68. The molecule has 176 valence electrons. The number of thiophene rings is 1. The molecule has 0 spiro atoms. The average Bonchev–Trinajstić information content (AvgIpc) is 3.30. The molecule has 1 aliphatic carbocycles. The van der Waals surface area contributed by atoms with Crippen molar-refractivity contribution in [2.24, 2.45) is 5.92 Å². The minimum Gasteiger partial charge on any atom is -0.336 e. The largest absolute Gasteiger partial charge is 0.336 e. The van der Waals surface area contributed by atoms with Crippen molar-refractivity contribution in [2.45, 2.75) is 12.8 Å². The summed E-state index contributed by atoms with van der Waals surface area (Å²) >= 11 is 1.09. The third-order valence-electron chi connectivity index (χ3n) is 6.23. The van der Waals surface area contributed by atoms with Gasteiger partial charge in [-0.25, -0.2) is 9.97 Å². The van der Waals surface area contributed by atoms with Gasteiger partial charge in [-0.1, -0.05) is 12.1 Å². The number of benzene rings is 1. The zero-order valence-corrected chi connectivity index (χ0v) is 19.6. The molecule has 1 aliphatic rings. The Morgan fingerprint density at radius 3 is 2.78 bits per heavy atom. The fraction of sp³-hybridized carbons (Fsp3) is 0.115. The van der Waals surface area contributed by atoms with Crippen molar-refractivity contribution in [2.75, 3.05) is 5.32 Å². The van der Waals surface area contributed by atoms with Crippen molar-refractivity contribution in [3.8, 4) is 33.2 Å². The molecule has 36 heavy (non-hydrogen) atoms. The Morgan fingerprint density at radius 2 is 1.94 bits per heavy atom. The van der Waals surface area contributed by atoms with Crippen molar-refractivity contribution in [1.29, 1.82) is 0 Å². The Morgan fingerprint density at radius 1 is 1.03 bits per heavy atom. The summed E-state index contributed by atoms with van der Waals surface area (Å²) in [5.41, 5.74) is 6.55. The molecule has 0 saturated heterocycles. The molecule has 0 unspecified atom stereocenters. The number of rotatable bonds is 5. The smallest absolute Gasteiger partial charge is 0.227 e. The standard InChI is InChI=1S/C26H18FN7OS/c27-21-9-8-20(36-21)16-2-1-3-18-22(16)32-25(31-18)24-23-19(33-34-24)7-6-17(30-23)14-10-15(12-28-11-14)29-26(35)13-4-5-13/h1-3,6-13H,4-5H2,(H,29,35)(H,31,32)(H,33,34). The van der Waals surface area contributed by atoms with Crippen molar-refractivity contribution in [3.05, 3.63) is 66.1 Å². The van der Waals surface area contributed by atoms with Crippen LogP contribution in [0.2, 0.25) is 0 Å². The van der Waals surface area contributed by atoms with Gasteiger partial charge in [0.05, 0.1) is 34.1 Å². The van der Waals surface area contributed by atoms with E-state index in [0.717, 1.165) is 56.7 Å². The maximum Gasteiger partial charge on any atom is 0.227 e. The number of carbonyl (C=O) groups is 1. The summed E-state index contributed by atoms with van der Waals surface area (Å²) in [7, 11) is 0. The topological polar surface area (TPSA) is 112 Å². The number of amides is 1. The van der Waals surface area contributed by atoms with Gasteiger partial charge in [-0.05, 0) is 49.2 Å². The van der Waals surface area contributed by atoms with Crippen LogP contribution in [0.3, 0.4) is 0 Å². The monoisotopic (exact) mass is 495 g/mol. The third kappa shape index (κ3) is 3.62. The number of nitrogens with zero attached hydrogens (tertiary/aromatic N) is 4.